The van der Waals surface area contributed by atoms with Crippen molar-refractivity contribution in [1.29, 1.82) is 0 Å². The van der Waals surface area contributed by atoms with E-state index < -0.39 is 0 Å². The van der Waals surface area contributed by atoms with Crippen molar-refractivity contribution in [3.63, 3.8) is 0 Å². The summed E-state index contributed by atoms with van der Waals surface area (Å²) in [7, 11) is 2.14. The molecule has 3 rings (SSSR count). The summed E-state index contributed by atoms with van der Waals surface area (Å²) < 4.78 is 0. The van der Waals surface area contributed by atoms with Crippen molar-refractivity contribution in [1.82, 2.24) is 10.2 Å². The number of para-hydroxylation sites is 1. The van der Waals surface area contributed by atoms with Crippen LogP contribution in [0.15, 0.2) is 24.3 Å². The third kappa shape index (κ3) is 2.96. The molecule has 0 aromatic heterocycles. The maximum atomic E-state index is 12.2. The van der Waals surface area contributed by atoms with Gasteiger partial charge in [-0.25, -0.2) is 0 Å². The molecule has 1 amide bonds. The second kappa shape index (κ2) is 5.83. The number of anilines is 1. The van der Waals surface area contributed by atoms with E-state index in [4.69, 9.17) is 0 Å². The summed E-state index contributed by atoms with van der Waals surface area (Å²) in [4.78, 5) is 14.5. The standard InChI is InChI=1S/C16H23N3O/c1-19-8-6-13(7-9-19)18-16(20)10-12-11-17-15-5-3-2-4-14(12)15/h2-5,12-13,17H,6-11H2,1H3,(H,18,20). The van der Waals surface area contributed by atoms with E-state index in [0.717, 1.165) is 32.5 Å². The first-order chi connectivity index (χ1) is 9.72. The molecule has 2 N–H and O–H groups in total. The Bertz CT molecular complexity index is 480. The minimum Gasteiger partial charge on any atom is -0.384 e. The molecule has 1 atom stereocenters. The fraction of sp³-hybridized carbons (Fsp3) is 0.562. The van der Waals surface area contributed by atoms with Gasteiger partial charge in [-0.1, -0.05) is 18.2 Å². The van der Waals surface area contributed by atoms with E-state index >= 15 is 0 Å². The molecule has 0 saturated carbocycles. The summed E-state index contributed by atoms with van der Waals surface area (Å²) in [6.07, 6.45) is 2.74. The molecule has 0 spiro atoms. The zero-order valence-electron chi connectivity index (χ0n) is 12.1. The normalized spacial score (nSPS) is 23.1. The Hall–Kier alpha value is -1.55. The molecule has 1 unspecified atom stereocenters. The maximum absolute atomic E-state index is 12.2. The van der Waals surface area contributed by atoms with Gasteiger partial charge in [-0.15, -0.1) is 0 Å². The van der Waals surface area contributed by atoms with Gasteiger partial charge in [-0.2, -0.15) is 0 Å². The summed E-state index contributed by atoms with van der Waals surface area (Å²) in [6.45, 7) is 3.04. The molecule has 1 aromatic rings. The monoisotopic (exact) mass is 273 g/mol. The highest BCUT2D eigenvalue weighted by Crippen LogP contribution is 2.33. The lowest BCUT2D eigenvalue weighted by Crippen LogP contribution is -2.43. The Morgan fingerprint density at radius 1 is 1.35 bits per heavy atom. The van der Waals surface area contributed by atoms with Crippen molar-refractivity contribution >= 4 is 11.6 Å². The van der Waals surface area contributed by atoms with Crippen LogP contribution in [0, 0.1) is 0 Å². The third-order valence-corrected chi connectivity index (χ3v) is 4.45. The number of carbonyl (C=O) groups excluding carboxylic acids is 1. The number of carbonyl (C=O) groups is 1. The Morgan fingerprint density at radius 2 is 2.10 bits per heavy atom. The topological polar surface area (TPSA) is 44.4 Å². The molecule has 2 aliphatic rings. The zero-order valence-corrected chi connectivity index (χ0v) is 12.1. The number of rotatable bonds is 3. The Labute approximate surface area is 120 Å². The summed E-state index contributed by atoms with van der Waals surface area (Å²) in [6, 6.07) is 8.66. The van der Waals surface area contributed by atoms with Crippen molar-refractivity contribution in [3.05, 3.63) is 29.8 Å². The van der Waals surface area contributed by atoms with Gasteiger partial charge in [0.15, 0.2) is 0 Å². The highest BCUT2D eigenvalue weighted by Gasteiger charge is 2.25. The fourth-order valence-electron chi connectivity index (χ4n) is 3.20. The van der Waals surface area contributed by atoms with Gasteiger partial charge in [0.1, 0.15) is 0 Å². The van der Waals surface area contributed by atoms with Crippen molar-refractivity contribution in [2.45, 2.75) is 31.2 Å². The van der Waals surface area contributed by atoms with Gasteiger partial charge in [0.05, 0.1) is 0 Å². The number of hydrogen-bond acceptors (Lipinski definition) is 3. The molecule has 20 heavy (non-hydrogen) atoms. The molecule has 4 nitrogen and oxygen atoms in total. The zero-order chi connectivity index (χ0) is 13.9. The van der Waals surface area contributed by atoms with E-state index in [1.807, 2.05) is 12.1 Å². The van der Waals surface area contributed by atoms with Crippen molar-refractivity contribution < 1.29 is 4.79 Å². The van der Waals surface area contributed by atoms with Crippen LogP contribution < -0.4 is 10.6 Å². The average molecular weight is 273 g/mol. The van der Waals surface area contributed by atoms with E-state index in [1.165, 1.54) is 11.3 Å². The van der Waals surface area contributed by atoms with Crippen molar-refractivity contribution in [2.24, 2.45) is 0 Å². The van der Waals surface area contributed by atoms with Crippen LogP contribution in [0.25, 0.3) is 0 Å². The van der Waals surface area contributed by atoms with Crippen molar-refractivity contribution in [3.8, 4) is 0 Å². The highest BCUT2D eigenvalue weighted by atomic mass is 16.1. The number of piperidine rings is 1. The molecule has 2 heterocycles. The number of nitrogens with one attached hydrogen (secondary N) is 2. The Balaban J connectivity index is 1.53. The highest BCUT2D eigenvalue weighted by molar-refractivity contribution is 5.78. The molecular weight excluding hydrogens is 250 g/mol. The summed E-state index contributed by atoms with van der Waals surface area (Å²) in [5.41, 5.74) is 2.47. The van der Waals surface area contributed by atoms with Gasteiger partial charge in [-0.3, -0.25) is 4.79 Å². The van der Waals surface area contributed by atoms with Gasteiger partial charge in [0, 0.05) is 30.6 Å². The summed E-state index contributed by atoms with van der Waals surface area (Å²) >= 11 is 0. The summed E-state index contributed by atoms with van der Waals surface area (Å²) in [5.74, 6) is 0.514. The SMILES string of the molecule is CN1CCC(NC(=O)CC2CNc3ccccc32)CC1. The predicted octanol–water partition coefficient (Wildman–Crippen LogP) is 1.80. The number of nitrogens with zero attached hydrogens (tertiary/aromatic N) is 1. The number of amides is 1. The minimum absolute atomic E-state index is 0.197. The first kappa shape index (κ1) is 13.4. The van der Waals surface area contributed by atoms with E-state index in [0.29, 0.717) is 18.4 Å². The molecule has 0 radical (unpaired) electrons. The van der Waals surface area contributed by atoms with Crippen LogP contribution >= 0.6 is 0 Å². The van der Waals surface area contributed by atoms with E-state index in [9.17, 15) is 4.79 Å². The molecule has 0 aliphatic carbocycles. The molecule has 1 fully saturated rings. The second-order valence-electron chi connectivity index (χ2n) is 6.01. The predicted molar refractivity (Wildman–Crippen MR) is 81.0 cm³/mol. The van der Waals surface area contributed by atoms with Crippen LogP contribution in [0.2, 0.25) is 0 Å². The number of hydrogen-bond donors (Lipinski definition) is 2. The Kier molecular flexibility index (Phi) is 3.92. The number of likely N-dealkylation sites (tertiary alicyclic amines) is 1. The van der Waals surface area contributed by atoms with Crippen LogP contribution in [-0.2, 0) is 4.79 Å². The lowest BCUT2D eigenvalue weighted by atomic mass is 9.97. The van der Waals surface area contributed by atoms with Crippen LogP contribution in [0.1, 0.15) is 30.7 Å². The largest absolute Gasteiger partial charge is 0.384 e. The molecular formula is C16H23N3O. The smallest absolute Gasteiger partial charge is 0.220 e. The van der Waals surface area contributed by atoms with Gasteiger partial charge in [0.2, 0.25) is 5.91 Å². The van der Waals surface area contributed by atoms with Crippen LogP contribution in [-0.4, -0.2) is 43.5 Å². The molecule has 0 bridgehead atoms. The third-order valence-electron chi connectivity index (χ3n) is 4.45. The van der Waals surface area contributed by atoms with Crippen molar-refractivity contribution in [2.75, 3.05) is 32.0 Å². The second-order valence-corrected chi connectivity index (χ2v) is 6.01. The maximum Gasteiger partial charge on any atom is 0.220 e. The van der Waals surface area contributed by atoms with Gasteiger partial charge >= 0.3 is 0 Å². The summed E-state index contributed by atoms with van der Waals surface area (Å²) in [5, 5.41) is 6.58. The van der Waals surface area contributed by atoms with Gasteiger partial charge in [0.25, 0.3) is 0 Å². The first-order valence-corrected chi connectivity index (χ1v) is 7.53. The van der Waals surface area contributed by atoms with E-state index in [1.54, 1.807) is 0 Å². The number of benzene rings is 1. The lowest BCUT2D eigenvalue weighted by molar-refractivity contribution is -0.122. The molecule has 4 heteroatoms. The van der Waals surface area contributed by atoms with Crippen LogP contribution in [0.5, 0.6) is 0 Å². The number of fused-ring (bicyclic) bond motifs is 1. The quantitative estimate of drug-likeness (QED) is 0.882. The van der Waals surface area contributed by atoms with Crippen LogP contribution in [0.4, 0.5) is 5.69 Å². The van der Waals surface area contributed by atoms with E-state index in [2.05, 4.69) is 34.7 Å². The molecule has 108 valence electrons. The molecule has 2 aliphatic heterocycles. The molecule has 1 saturated heterocycles. The average Bonchev–Trinajstić information content (AvgIpc) is 2.85. The lowest BCUT2D eigenvalue weighted by Gasteiger charge is -2.29. The van der Waals surface area contributed by atoms with Gasteiger partial charge < -0.3 is 15.5 Å². The first-order valence-electron chi connectivity index (χ1n) is 7.53. The minimum atomic E-state index is 0.197. The van der Waals surface area contributed by atoms with E-state index in [-0.39, 0.29) is 5.91 Å². The van der Waals surface area contributed by atoms with Gasteiger partial charge in [-0.05, 0) is 44.6 Å². The molecule has 1 aromatic carbocycles. The Morgan fingerprint density at radius 3 is 2.90 bits per heavy atom. The van der Waals surface area contributed by atoms with Crippen LogP contribution in [0.3, 0.4) is 0 Å². The fourth-order valence-corrected chi connectivity index (χ4v) is 3.20.